The van der Waals surface area contributed by atoms with Gasteiger partial charge in [-0.25, -0.2) is 18.1 Å². The molecule has 0 aromatic heterocycles. The SMILES string of the molecule is CCCCNC(=NCc1ccc(C)cc1)NCC(C)(C)NS(C)(=O)=O. The normalized spacial score (nSPS) is 12.9. The first kappa shape index (κ1) is 21.4. The number of aliphatic imine (C=N–C) groups is 1. The molecule has 0 aliphatic heterocycles. The van der Waals surface area contributed by atoms with Crippen LogP contribution in [0.25, 0.3) is 0 Å². The summed E-state index contributed by atoms with van der Waals surface area (Å²) >= 11 is 0. The smallest absolute Gasteiger partial charge is 0.209 e. The number of hydrogen-bond donors (Lipinski definition) is 3. The molecule has 0 aliphatic carbocycles. The second kappa shape index (κ2) is 9.77. The van der Waals surface area contributed by atoms with Crippen LogP contribution in [0.3, 0.4) is 0 Å². The maximum Gasteiger partial charge on any atom is 0.209 e. The first-order chi connectivity index (χ1) is 11.6. The third kappa shape index (κ3) is 10.1. The molecule has 25 heavy (non-hydrogen) atoms. The summed E-state index contributed by atoms with van der Waals surface area (Å²) in [5.74, 6) is 0.692. The van der Waals surface area contributed by atoms with Crippen molar-refractivity contribution in [1.29, 1.82) is 0 Å². The third-order valence-electron chi connectivity index (χ3n) is 3.52. The maximum atomic E-state index is 11.5. The van der Waals surface area contributed by atoms with Crippen molar-refractivity contribution in [3.8, 4) is 0 Å². The molecule has 0 saturated heterocycles. The van der Waals surface area contributed by atoms with Crippen molar-refractivity contribution >= 4 is 16.0 Å². The van der Waals surface area contributed by atoms with Gasteiger partial charge in [-0.3, -0.25) is 0 Å². The standard InChI is InChI=1S/C18H32N4O2S/c1-6-7-12-19-17(20-13-16-10-8-15(2)9-11-16)21-14-18(3,4)22-25(5,23)24/h8-11,22H,6-7,12-14H2,1-5H3,(H2,19,20,21). The minimum atomic E-state index is -3.26. The molecule has 0 spiro atoms. The molecule has 1 rings (SSSR count). The van der Waals surface area contributed by atoms with E-state index in [4.69, 9.17) is 0 Å². The molecule has 3 N–H and O–H groups in total. The average Bonchev–Trinajstić information content (AvgIpc) is 2.49. The van der Waals surface area contributed by atoms with Gasteiger partial charge in [0.15, 0.2) is 5.96 Å². The van der Waals surface area contributed by atoms with Gasteiger partial charge < -0.3 is 10.6 Å². The number of benzene rings is 1. The lowest BCUT2D eigenvalue weighted by Gasteiger charge is -2.26. The van der Waals surface area contributed by atoms with Gasteiger partial charge in [-0.05, 0) is 32.8 Å². The van der Waals surface area contributed by atoms with Gasteiger partial charge in [-0.15, -0.1) is 0 Å². The molecule has 142 valence electrons. The number of nitrogens with one attached hydrogen (secondary N) is 3. The number of nitrogens with zero attached hydrogens (tertiary/aromatic N) is 1. The van der Waals surface area contributed by atoms with Crippen molar-refractivity contribution < 1.29 is 8.42 Å². The van der Waals surface area contributed by atoms with Crippen molar-refractivity contribution in [1.82, 2.24) is 15.4 Å². The highest BCUT2D eigenvalue weighted by Gasteiger charge is 2.22. The van der Waals surface area contributed by atoms with E-state index in [0.717, 1.165) is 24.9 Å². The zero-order valence-electron chi connectivity index (χ0n) is 16.0. The van der Waals surface area contributed by atoms with Gasteiger partial charge in [0.25, 0.3) is 0 Å². The zero-order valence-corrected chi connectivity index (χ0v) is 16.8. The Balaban J connectivity index is 2.71. The van der Waals surface area contributed by atoms with Gasteiger partial charge in [0.1, 0.15) is 0 Å². The second-order valence-corrected chi connectivity index (χ2v) is 8.79. The van der Waals surface area contributed by atoms with Crippen LogP contribution in [0.15, 0.2) is 29.3 Å². The van der Waals surface area contributed by atoms with Crippen LogP contribution < -0.4 is 15.4 Å². The highest BCUT2D eigenvalue weighted by atomic mass is 32.2. The quantitative estimate of drug-likeness (QED) is 0.354. The fourth-order valence-corrected chi connectivity index (χ4v) is 3.34. The third-order valence-corrected chi connectivity index (χ3v) is 4.45. The molecule has 1 aromatic rings. The highest BCUT2D eigenvalue weighted by molar-refractivity contribution is 7.88. The average molecular weight is 369 g/mol. The molecule has 0 radical (unpaired) electrons. The van der Waals surface area contributed by atoms with Crippen LogP contribution in [0.4, 0.5) is 0 Å². The highest BCUT2D eigenvalue weighted by Crippen LogP contribution is 2.05. The van der Waals surface area contributed by atoms with Crippen molar-refractivity contribution in [3.05, 3.63) is 35.4 Å². The number of hydrogen-bond acceptors (Lipinski definition) is 3. The Morgan fingerprint density at radius 2 is 1.80 bits per heavy atom. The summed E-state index contributed by atoms with van der Waals surface area (Å²) in [5.41, 5.74) is 1.75. The summed E-state index contributed by atoms with van der Waals surface area (Å²) in [5, 5.41) is 6.53. The topological polar surface area (TPSA) is 82.6 Å². The molecule has 0 saturated carbocycles. The minimum Gasteiger partial charge on any atom is -0.356 e. The largest absolute Gasteiger partial charge is 0.356 e. The van der Waals surface area contributed by atoms with Crippen LogP contribution in [0.1, 0.15) is 44.7 Å². The van der Waals surface area contributed by atoms with Gasteiger partial charge >= 0.3 is 0 Å². The number of rotatable bonds is 9. The van der Waals surface area contributed by atoms with E-state index >= 15 is 0 Å². The van der Waals surface area contributed by atoms with Crippen LogP contribution in [0.5, 0.6) is 0 Å². The van der Waals surface area contributed by atoms with E-state index in [-0.39, 0.29) is 0 Å². The van der Waals surface area contributed by atoms with Crippen molar-refractivity contribution in [2.24, 2.45) is 4.99 Å². The Kier molecular flexibility index (Phi) is 8.38. The Bertz CT molecular complexity index is 652. The Labute approximate surface area is 152 Å². The lowest BCUT2D eigenvalue weighted by atomic mass is 10.1. The Hall–Kier alpha value is -1.60. The van der Waals surface area contributed by atoms with E-state index in [1.54, 1.807) is 0 Å². The molecule has 7 heteroatoms. The van der Waals surface area contributed by atoms with Gasteiger partial charge in [0, 0.05) is 18.6 Å². The summed E-state index contributed by atoms with van der Waals surface area (Å²) in [6, 6.07) is 8.28. The van der Waals surface area contributed by atoms with E-state index < -0.39 is 15.6 Å². The molecule has 0 bridgehead atoms. The Morgan fingerprint density at radius 3 is 2.36 bits per heavy atom. The fourth-order valence-electron chi connectivity index (χ4n) is 2.26. The monoisotopic (exact) mass is 368 g/mol. The Morgan fingerprint density at radius 1 is 1.16 bits per heavy atom. The van der Waals surface area contributed by atoms with Crippen molar-refractivity contribution in [2.45, 2.75) is 52.6 Å². The minimum absolute atomic E-state index is 0.436. The van der Waals surface area contributed by atoms with Crippen molar-refractivity contribution in [2.75, 3.05) is 19.3 Å². The van der Waals surface area contributed by atoms with Gasteiger partial charge in [0.05, 0.1) is 12.8 Å². The maximum absolute atomic E-state index is 11.5. The predicted molar refractivity (Wildman–Crippen MR) is 105 cm³/mol. The summed E-state index contributed by atoms with van der Waals surface area (Å²) in [7, 11) is -3.26. The van der Waals surface area contributed by atoms with Gasteiger partial charge in [-0.2, -0.15) is 0 Å². The number of unbranched alkanes of at least 4 members (excludes halogenated alkanes) is 1. The summed E-state index contributed by atoms with van der Waals surface area (Å²) in [4.78, 5) is 4.61. The molecule has 6 nitrogen and oxygen atoms in total. The van der Waals surface area contributed by atoms with Crippen molar-refractivity contribution in [3.63, 3.8) is 0 Å². The van der Waals surface area contributed by atoms with Gasteiger partial charge in [-0.1, -0.05) is 43.2 Å². The van der Waals surface area contributed by atoms with Crippen LogP contribution >= 0.6 is 0 Å². The first-order valence-electron chi connectivity index (χ1n) is 8.68. The number of sulfonamides is 1. The molecule has 1 aromatic carbocycles. The van der Waals surface area contributed by atoms with Gasteiger partial charge in [0.2, 0.25) is 10.0 Å². The molecule has 0 amide bonds. The lowest BCUT2D eigenvalue weighted by Crippen LogP contribution is -2.53. The second-order valence-electron chi connectivity index (χ2n) is 7.04. The zero-order chi connectivity index (χ0) is 18.9. The van der Waals surface area contributed by atoms with E-state index in [2.05, 4.69) is 58.5 Å². The van der Waals surface area contributed by atoms with Crippen LogP contribution in [0.2, 0.25) is 0 Å². The molecule has 0 unspecified atom stereocenters. The molecule has 0 heterocycles. The fraction of sp³-hybridized carbons (Fsp3) is 0.611. The molecular weight excluding hydrogens is 336 g/mol. The van der Waals surface area contributed by atoms with Crippen LogP contribution in [0, 0.1) is 6.92 Å². The molecule has 0 fully saturated rings. The van der Waals surface area contributed by atoms with E-state index in [1.165, 1.54) is 11.8 Å². The summed E-state index contributed by atoms with van der Waals surface area (Å²) in [6.07, 6.45) is 3.32. The summed E-state index contributed by atoms with van der Waals surface area (Å²) in [6.45, 7) is 9.71. The van der Waals surface area contributed by atoms with Crippen LogP contribution in [-0.4, -0.2) is 39.3 Å². The van der Waals surface area contributed by atoms with E-state index in [1.807, 2.05) is 13.8 Å². The number of aryl methyl sites for hydroxylation is 1. The summed E-state index contributed by atoms with van der Waals surface area (Å²) < 4.78 is 25.5. The molecule has 0 aliphatic rings. The lowest BCUT2D eigenvalue weighted by molar-refractivity contribution is 0.446. The molecular formula is C18H32N4O2S. The predicted octanol–water partition coefficient (Wildman–Crippen LogP) is 2.16. The van der Waals surface area contributed by atoms with E-state index in [9.17, 15) is 8.42 Å². The first-order valence-corrected chi connectivity index (χ1v) is 10.6. The van der Waals surface area contributed by atoms with E-state index in [0.29, 0.717) is 19.0 Å². The molecule has 0 atom stereocenters. The van der Waals surface area contributed by atoms with Crippen LogP contribution in [-0.2, 0) is 16.6 Å². The number of guanidine groups is 1.